The van der Waals surface area contributed by atoms with Crippen LogP contribution in [0.2, 0.25) is 0 Å². The first-order valence-electron chi connectivity index (χ1n) is 17.7. The van der Waals surface area contributed by atoms with Gasteiger partial charge < -0.3 is 13.6 Å². The van der Waals surface area contributed by atoms with Gasteiger partial charge in [-0.3, -0.25) is 0 Å². The monoisotopic (exact) mass is 680 g/mol. The van der Waals surface area contributed by atoms with Crippen LogP contribution in [0.1, 0.15) is 0 Å². The van der Waals surface area contributed by atoms with Gasteiger partial charge in [-0.15, -0.1) is 11.3 Å². The van der Waals surface area contributed by atoms with Crippen LogP contribution < -0.4 is 0 Å². The lowest BCUT2D eigenvalue weighted by Crippen LogP contribution is -1.95. The van der Waals surface area contributed by atoms with E-state index in [4.69, 9.17) is 4.42 Å². The van der Waals surface area contributed by atoms with Gasteiger partial charge in [-0.1, -0.05) is 109 Å². The zero-order chi connectivity index (χ0) is 33.9. The Morgan fingerprint density at radius 3 is 1.96 bits per heavy atom. The summed E-state index contributed by atoms with van der Waals surface area (Å²) in [4.78, 5) is 0. The Kier molecular flexibility index (Phi) is 5.65. The minimum Gasteiger partial charge on any atom is -0.456 e. The van der Waals surface area contributed by atoms with Crippen LogP contribution in [0, 0.1) is 0 Å². The van der Waals surface area contributed by atoms with Crippen molar-refractivity contribution in [3.05, 3.63) is 170 Å². The van der Waals surface area contributed by atoms with Crippen LogP contribution in [0.25, 0.3) is 108 Å². The quantitative estimate of drug-likeness (QED) is 0.182. The first-order chi connectivity index (χ1) is 25.8. The number of para-hydroxylation sites is 4. The average Bonchev–Trinajstić information content (AvgIpc) is 3.95. The molecule has 0 spiro atoms. The van der Waals surface area contributed by atoms with Gasteiger partial charge in [0, 0.05) is 53.5 Å². The summed E-state index contributed by atoms with van der Waals surface area (Å²) >= 11 is 1.88. The molecule has 0 unspecified atom stereocenters. The molecule has 242 valence electrons. The van der Waals surface area contributed by atoms with Gasteiger partial charge in [0.15, 0.2) is 0 Å². The summed E-state index contributed by atoms with van der Waals surface area (Å²) in [5, 5.41) is 9.93. The molecular formula is C48H28N2OS. The van der Waals surface area contributed by atoms with Gasteiger partial charge in [-0.2, -0.15) is 0 Å². The van der Waals surface area contributed by atoms with Crippen LogP contribution >= 0.6 is 11.3 Å². The van der Waals surface area contributed by atoms with Crippen molar-refractivity contribution in [2.75, 3.05) is 0 Å². The Bertz CT molecular complexity index is 3410. The number of fused-ring (bicyclic) bond motifs is 13. The highest BCUT2D eigenvalue weighted by Crippen LogP contribution is 2.45. The average molecular weight is 681 g/mol. The zero-order valence-corrected chi connectivity index (χ0v) is 28.7. The lowest BCUT2D eigenvalue weighted by Gasteiger charge is -2.10. The van der Waals surface area contributed by atoms with Crippen LogP contribution in [0.3, 0.4) is 0 Å². The third kappa shape index (κ3) is 3.79. The van der Waals surface area contributed by atoms with Gasteiger partial charge in [-0.25, -0.2) is 0 Å². The zero-order valence-electron chi connectivity index (χ0n) is 27.9. The summed E-state index contributed by atoms with van der Waals surface area (Å²) in [5.41, 5.74) is 11.5. The Hall–Kier alpha value is -6.62. The fourth-order valence-corrected chi connectivity index (χ4v) is 9.90. The van der Waals surface area contributed by atoms with Crippen LogP contribution in [-0.4, -0.2) is 9.13 Å². The number of hydrogen-bond acceptors (Lipinski definition) is 2. The summed E-state index contributed by atoms with van der Waals surface area (Å²) in [6, 6.07) is 61.7. The van der Waals surface area contributed by atoms with E-state index in [1.807, 2.05) is 23.5 Å². The number of benzene rings is 8. The Morgan fingerprint density at radius 1 is 0.404 bits per heavy atom. The van der Waals surface area contributed by atoms with Gasteiger partial charge in [0.05, 0.1) is 32.5 Å². The topological polar surface area (TPSA) is 23.0 Å². The Morgan fingerprint density at radius 2 is 1.08 bits per heavy atom. The predicted molar refractivity (Wildman–Crippen MR) is 221 cm³/mol. The van der Waals surface area contributed by atoms with Gasteiger partial charge in [0.1, 0.15) is 11.2 Å². The highest BCUT2D eigenvalue weighted by molar-refractivity contribution is 7.26. The van der Waals surface area contributed by atoms with E-state index in [9.17, 15) is 0 Å². The van der Waals surface area contributed by atoms with Gasteiger partial charge in [-0.05, 0) is 71.8 Å². The minimum atomic E-state index is 0.921. The van der Waals surface area contributed by atoms with Crippen LogP contribution in [0.4, 0.5) is 0 Å². The van der Waals surface area contributed by atoms with Crippen molar-refractivity contribution in [2.45, 2.75) is 0 Å². The number of hydrogen-bond donors (Lipinski definition) is 0. The highest BCUT2D eigenvalue weighted by atomic mass is 32.1. The molecule has 0 aliphatic carbocycles. The normalized spacial score (nSPS) is 12.2. The molecule has 3 nitrogen and oxygen atoms in total. The molecule has 4 aromatic heterocycles. The molecular weight excluding hydrogens is 653 g/mol. The summed E-state index contributed by atoms with van der Waals surface area (Å²) in [6.45, 7) is 0. The molecule has 0 saturated carbocycles. The smallest absolute Gasteiger partial charge is 0.135 e. The second-order valence-electron chi connectivity index (χ2n) is 13.7. The number of aromatic nitrogens is 2. The number of thiophene rings is 1. The molecule has 4 heteroatoms. The van der Waals surface area contributed by atoms with Crippen molar-refractivity contribution in [3.8, 4) is 22.5 Å². The third-order valence-corrected chi connectivity index (χ3v) is 12.1. The van der Waals surface area contributed by atoms with Gasteiger partial charge in [0.25, 0.3) is 0 Å². The van der Waals surface area contributed by atoms with Crippen molar-refractivity contribution in [2.24, 2.45) is 0 Å². The fourth-order valence-electron chi connectivity index (χ4n) is 8.66. The second kappa shape index (κ2) is 10.5. The standard InChI is InChI=1S/C48H28N2OS/c1-2-11-31(12-3-1)49-39-17-7-4-13-32(39)35-24-25-41-46(47(35)49)37-15-5-8-18-40(37)50(41)42-19-10-16-36-34-23-21-30(28-45(34)52-48(36)42)29-22-26-44-38(27-29)33-14-6-9-20-43(33)51-44/h1-28H. The van der Waals surface area contributed by atoms with Crippen LogP contribution in [0.15, 0.2) is 174 Å². The summed E-state index contributed by atoms with van der Waals surface area (Å²) in [7, 11) is 0. The molecule has 8 aromatic carbocycles. The molecule has 12 rings (SSSR count). The van der Waals surface area contributed by atoms with Crippen LogP contribution in [-0.2, 0) is 0 Å². The molecule has 0 bridgehead atoms. The first kappa shape index (κ1) is 28.1. The molecule has 52 heavy (non-hydrogen) atoms. The maximum Gasteiger partial charge on any atom is 0.135 e. The van der Waals surface area contributed by atoms with Crippen molar-refractivity contribution in [3.63, 3.8) is 0 Å². The minimum absolute atomic E-state index is 0.921. The predicted octanol–water partition coefficient (Wildman–Crippen LogP) is 13.8. The maximum absolute atomic E-state index is 6.13. The molecule has 0 aliphatic rings. The SMILES string of the molecule is c1ccc(-n2c3ccccc3c3ccc4c(c5ccccc5n4-c4cccc5c4sc4cc(-c6ccc7oc8ccccc8c7c6)ccc45)c32)cc1. The third-order valence-electron chi connectivity index (χ3n) is 10.9. The molecule has 12 aromatic rings. The summed E-state index contributed by atoms with van der Waals surface area (Å²) in [6.07, 6.45) is 0. The molecule has 0 atom stereocenters. The molecule has 0 saturated heterocycles. The van der Waals surface area contributed by atoms with E-state index in [1.54, 1.807) is 0 Å². The molecule has 0 aliphatic heterocycles. The molecule has 0 amide bonds. The number of nitrogens with zero attached hydrogens (tertiary/aromatic N) is 2. The van der Waals surface area contributed by atoms with E-state index in [-0.39, 0.29) is 0 Å². The maximum atomic E-state index is 6.13. The van der Waals surface area contributed by atoms with E-state index < -0.39 is 0 Å². The van der Waals surface area contributed by atoms with Crippen molar-refractivity contribution < 1.29 is 4.42 Å². The first-order valence-corrected chi connectivity index (χ1v) is 18.5. The lowest BCUT2D eigenvalue weighted by molar-refractivity contribution is 0.669. The van der Waals surface area contributed by atoms with E-state index in [0.29, 0.717) is 0 Å². The summed E-state index contributed by atoms with van der Waals surface area (Å²) in [5.74, 6) is 0. The Balaban J connectivity index is 1.12. The van der Waals surface area contributed by atoms with E-state index in [1.165, 1.54) is 86.3 Å². The van der Waals surface area contributed by atoms with Crippen LogP contribution in [0.5, 0.6) is 0 Å². The van der Waals surface area contributed by atoms with Crippen molar-refractivity contribution in [1.29, 1.82) is 0 Å². The molecule has 0 fully saturated rings. The van der Waals surface area contributed by atoms with Gasteiger partial charge >= 0.3 is 0 Å². The Labute approximate surface area is 301 Å². The molecule has 0 N–H and O–H groups in total. The second-order valence-corrected chi connectivity index (χ2v) is 14.7. The van der Waals surface area contributed by atoms with Gasteiger partial charge in [0.2, 0.25) is 0 Å². The lowest BCUT2D eigenvalue weighted by atomic mass is 10.0. The molecule has 4 heterocycles. The van der Waals surface area contributed by atoms with Crippen molar-refractivity contribution >= 4 is 97.1 Å². The van der Waals surface area contributed by atoms with E-state index in [2.05, 4.69) is 167 Å². The number of furan rings is 1. The number of rotatable bonds is 3. The summed E-state index contributed by atoms with van der Waals surface area (Å²) < 4.78 is 13.6. The highest BCUT2D eigenvalue weighted by Gasteiger charge is 2.22. The fraction of sp³-hybridized carbons (Fsp3) is 0. The van der Waals surface area contributed by atoms with E-state index in [0.717, 1.165) is 21.9 Å². The van der Waals surface area contributed by atoms with Crippen molar-refractivity contribution in [1.82, 2.24) is 9.13 Å². The largest absolute Gasteiger partial charge is 0.456 e. The molecule has 0 radical (unpaired) electrons. The van der Waals surface area contributed by atoms with E-state index >= 15 is 0 Å².